The van der Waals surface area contributed by atoms with E-state index in [9.17, 15) is 0 Å². The molecule has 5 aromatic rings. The first-order valence-corrected chi connectivity index (χ1v) is 12.0. The number of hydrogen-bond donors (Lipinski definition) is 0. The highest BCUT2D eigenvalue weighted by Crippen LogP contribution is 2.36. The maximum Gasteiger partial charge on any atom is 0.174 e. The van der Waals surface area contributed by atoms with Gasteiger partial charge in [0.15, 0.2) is 5.82 Å². The number of ether oxygens (including phenoxy) is 1. The van der Waals surface area contributed by atoms with Crippen LogP contribution in [0.25, 0.3) is 28.6 Å². The number of aromatic nitrogens is 5. The van der Waals surface area contributed by atoms with E-state index in [1.807, 2.05) is 42.0 Å². The number of imidazole rings is 1. The normalized spacial score (nSPS) is 15.5. The summed E-state index contributed by atoms with van der Waals surface area (Å²) < 4.78 is 9.70. The molecule has 0 saturated carbocycles. The fourth-order valence-corrected chi connectivity index (χ4v) is 5.02. The molecule has 6 nitrogen and oxygen atoms in total. The summed E-state index contributed by atoms with van der Waals surface area (Å²) in [5.74, 6) is 2.83. The molecule has 0 spiro atoms. The van der Waals surface area contributed by atoms with Crippen LogP contribution in [0.3, 0.4) is 0 Å². The van der Waals surface area contributed by atoms with Crippen LogP contribution in [-0.2, 0) is 6.54 Å². The molecule has 0 bridgehead atoms. The molecule has 3 heterocycles. The first kappa shape index (κ1) is 21.4. The van der Waals surface area contributed by atoms with E-state index in [1.54, 1.807) is 13.4 Å². The number of benzene rings is 3. The molecule has 174 valence electrons. The Hall–Kier alpha value is -4.19. The van der Waals surface area contributed by atoms with Gasteiger partial charge in [-0.2, -0.15) is 5.10 Å². The van der Waals surface area contributed by atoms with Crippen molar-refractivity contribution in [2.45, 2.75) is 32.2 Å². The quantitative estimate of drug-likeness (QED) is 0.321. The van der Waals surface area contributed by atoms with E-state index < -0.39 is 0 Å². The van der Waals surface area contributed by atoms with Crippen molar-refractivity contribution in [2.75, 3.05) is 7.11 Å². The van der Waals surface area contributed by atoms with Gasteiger partial charge < -0.3 is 9.30 Å². The molecule has 0 saturated heterocycles. The van der Waals surface area contributed by atoms with Crippen LogP contribution in [0.1, 0.15) is 47.2 Å². The molecule has 0 fully saturated rings. The molecule has 1 aliphatic rings. The van der Waals surface area contributed by atoms with E-state index in [-0.39, 0.29) is 5.92 Å². The summed E-state index contributed by atoms with van der Waals surface area (Å²) in [5.41, 5.74) is 4.29. The van der Waals surface area contributed by atoms with Gasteiger partial charge in [0.1, 0.15) is 11.6 Å². The maximum absolute atomic E-state index is 5.65. The van der Waals surface area contributed by atoms with Crippen LogP contribution in [0.4, 0.5) is 0 Å². The van der Waals surface area contributed by atoms with Gasteiger partial charge in [-0.15, -0.1) is 0 Å². The summed E-state index contributed by atoms with van der Waals surface area (Å²) in [6.07, 6.45) is 10.00. The average Bonchev–Trinajstić information content (AvgIpc) is 3.52. The van der Waals surface area contributed by atoms with Gasteiger partial charge in [-0.1, -0.05) is 54.6 Å². The smallest absolute Gasteiger partial charge is 0.174 e. The molecule has 6 heteroatoms. The molecule has 1 atom stereocenters. The molecule has 6 rings (SSSR count). The largest absolute Gasteiger partial charge is 0.495 e. The fraction of sp³-hybridized carbons (Fsp3) is 0.207. The highest BCUT2D eigenvalue weighted by Gasteiger charge is 2.26. The van der Waals surface area contributed by atoms with Crippen LogP contribution in [0.15, 0.2) is 73.2 Å². The zero-order chi connectivity index (χ0) is 23.8. The van der Waals surface area contributed by atoms with Crippen molar-refractivity contribution in [1.29, 1.82) is 0 Å². The Morgan fingerprint density at radius 3 is 2.77 bits per heavy atom. The number of nitrogens with zero attached hydrogens (tertiary/aromatic N) is 5. The lowest BCUT2D eigenvalue weighted by atomic mass is 9.88. The Balaban J connectivity index is 1.30. The van der Waals surface area contributed by atoms with Crippen molar-refractivity contribution >= 4 is 22.9 Å². The summed E-state index contributed by atoms with van der Waals surface area (Å²) in [6.45, 7) is 2.88. The van der Waals surface area contributed by atoms with Gasteiger partial charge in [0.05, 0.1) is 24.8 Å². The summed E-state index contributed by atoms with van der Waals surface area (Å²) >= 11 is 0. The Bertz CT molecular complexity index is 1540. The second kappa shape index (κ2) is 8.87. The third kappa shape index (κ3) is 4.01. The number of methoxy groups -OCH3 is 1. The van der Waals surface area contributed by atoms with Crippen molar-refractivity contribution in [3.8, 4) is 11.4 Å². The van der Waals surface area contributed by atoms with E-state index >= 15 is 0 Å². The van der Waals surface area contributed by atoms with Crippen molar-refractivity contribution in [1.82, 2.24) is 24.3 Å². The van der Waals surface area contributed by atoms with Crippen molar-refractivity contribution in [2.24, 2.45) is 0 Å². The van der Waals surface area contributed by atoms with Gasteiger partial charge in [-0.25, -0.2) is 14.6 Å². The second-order valence-electron chi connectivity index (χ2n) is 9.00. The molecule has 0 unspecified atom stereocenters. The van der Waals surface area contributed by atoms with E-state index in [0.717, 1.165) is 53.7 Å². The molecule has 0 radical (unpaired) electrons. The minimum absolute atomic E-state index is 0.252. The number of rotatable bonds is 5. The summed E-state index contributed by atoms with van der Waals surface area (Å²) in [4.78, 5) is 9.28. The monoisotopic (exact) mass is 461 g/mol. The van der Waals surface area contributed by atoms with Crippen molar-refractivity contribution < 1.29 is 4.74 Å². The molecule has 3 aromatic carbocycles. The molecule has 0 N–H and O–H groups in total. The third-order valence-electron chi connectivity index (χ3n) is 6.71. The van der Waals surface area contributed by atoms with E-state index in [0.29, 0.717) is 0 Å². The minimum Gasteiger partial charge on any atom is -0.495 e. The lowest BCUT2D eigenvalue weighted by molar-refractivity contribution is 0.413. The van der Waals surface area contributed by atoms with Crippen LogP contribution < -0.4 is 4.74 Å². The summed E-state index contributed by atoms with van der Waals surface area (Å²) in [6, 6.07) is 21.3. The van der Waals surface area contributed by atoms with Gasteiger partial charge in [-0.3, -0.25) is 0 Å². The average molecular weight is 462 g/mol. The zero-order valence-corrected chi connectivity index (χ0v) is 19.9. The highest BCUT2D eigenvalue weighted by atomic mass is 16.5. The number of hydrogen-bond acceptors (Lipinski definition) is 4. The van der Waals surface area contributed by atoms with Gasteiger partial charge in [0.25, 0.3) is 0 Å². The van der Waals surface area contributed by atoms with Crippen molar-refractivity contribution in [3.05, 3.63) is 102 Å². The van der Waals surface area contributed by atoms with Crippen LogP contribution >= 0.6 is 0 Å². The van der Waals surface area contributed by atoms with Crippen LogP contribution in [0.2, 0.25) is 0 Å². The van der Waals surface area contributed by atoms with Crippen molar-refractivity contribution in [3.63, 3.8) is 0 Å². The Morgan fingerprint density at radius 1 is 1.03 bits per heavy atom. The summed E-state index contributed by atoms with van der Waals surface area (Å²) in [7, 11) is 1.69. The Kier molecular flexibility index (Phi) is 5.41. The molecular weight excluding hydrogens is 434 g/mol. The van der Waals surface area contributed by atoms with Crippen LogP contribution in [0.5, 0.6) is 5.75 Å². The predicted octanol–water partition coefficient (Wildman–Crippen LogP) is 6.03. The van der Waals surface area contributed by atoms with Gasteiger partial charge in [-0.05, 0) is 59.9 Å². The molecule has 2 aromatic heterocycles. The first-order chi connectivity index (χ1) is 17.2. The lowest BCUT2D eigenvalue weighted by Gasteiger charge is -2.23. The number of aryl methyl sites for hydroxylation is 2. The Morgan fingerprint density at radius 2 is 1.91 bits per heavy atom. The molecule has 35 heavy (non-hydrogen) atoms. The van der Waals surface area contributed by atoms with Crippen LogP contribution in [-0.4, -0.2) is 31.4 Å². The van der Waals surface area contributed by atoms with Gasteiger partial charge >= 0.3 is 0 Å². The topological polar surface area (TPSA) is 57.8 Å². The van der Waals surface area contributed by atoms with E-state index in [2.05, 4.69) is 58.2 Å². The second-order valence-corrected chi connectivity index (χ2v) is 9.00. The fourth-order valence-electron chi connectivity index (χ4n) is 5.02. The molecule has 0 aliphatic carbocycles. The van der Waals surface area contributed by atoms with E-state index in [4.69, 9.17) is 14.8 Å². The SMILES string of the molecule is COc1cc(/C=C/c2nc3n(n2)CCC[C@H]3c2cccc3ccccc23)ccc1-n1cnc(C)c1. The molecule has 1 aliphatic heterocycles. The van der Waals surface area contributed by atoms with Gasteiger partial charge in [0, 0.05) is 18.7 Å². The first-order valence-electron chi connectivity index (χ1n) is 12.0. The lowest BCUT2D eigenvalue weighted by Crippen LogP contribution is -2.18. The maximum atomic E-state index is 5.65. The third-order valence-corrected chi connectivity index (χ3v) is 6.71. The minimum atomic E-state index is 0.252. The van der Waals surface area contributed by atoms with Gasteiger partial charge in [0.2, 0.25) is 0 Å². The highest BCUT2D eigenvalue weighted by molar-refractivity contribution is 5.86. The van der Waals surface area contributed by atoms with E-state index in [1.165, 1.54) is 16.3 Å². The zero-order valence-electron chi connectivity index (χ0n) is 19.9. The predicted molar refractivity (Wildman–Crippen MR) is 139 cm³/mol. The van der Waals surface area contributed by atoms with Crippen LogP contribution in [0, 0.1) is 6.92 Å². The number of fused-ring (bicyclic) bond motifs is 2. The standard InChI is InChI=1S/C29H27N5O/c1-20-18-33(19-30-20)26-14-12-21(17-27(26)35-2)13-15-28-31-29-25(11-6-16-34(29)32-28)24-10-5-8-22-7-3-4-9-23(22)24/h3-5,7-10,12-15,17-19,25H,6,11,16H2,1-2H3/b15-13+/t25-/m0/s1. The summed E-state index contributed by atoms with van der Waals surface area (Å²) in [5, 5.41) is 7.38. The Labute approximate surface area is 204 Å². The molecule has 0 amide bonds. The molecular formula is C29H27N5O.